The first-order valence-corrected chi connectivity index (χ1v) is 8.71. The van der Waals surface area contributed by atoms with Crippen LogP contribution in [0.1, 0.15) is 57.1 Å². The molecule has 1 saturated carbocycles. The van der Waals surface area contributed by atoms with Gasteiger partial charge in [-0.3, -0.25) is 0 Å². The number of rotatable bonds is 2. The molecule has 0 spiro atoms. The molecule has 2 aliphatic rings. The predicted octanol–water partition coefficient (Wildman–Crippen LogP) is 4.83. The first-order valence-electron chi connectivity index (χ1n) is 7.92. The summed E-state index contributed by atoms with van der Waals surface area (Å²) in [5.74, 6) is 1.85. The van der Waals surface area contributed by atoms with Gasteiger partial charge in [0.05, 0.1) is 6.61 Å². The van der Waals surface area contributed by atoms with Gasteiger partial charge in [-0.2, -0.15) is 0 Å². The maximum absolute atomic E-state index is 5.91. The molecule has 1 fully saturated rings. The minimum atomic E-state index is 0.450. The summed E-state index contributed by atoms with van der Waals surface area (Å²) >= 11 is 3.54. The average molecular weight is 338 g/mol. The Morgan fingerprint density at radius 2 is 2.00 bits per heavy atom. The van der Waals surface area contributed by atoms with Crippen molar-refractivity contribution in [1.82, 2.24) is 5.32 Å². The molecular formula is C17H24BrNO. The van der Waals surface area contributed by atoms with Crippen LogP contribution in [0.4, 0.5) is 0 Å². The van der Waals surface area contributed by atoms with Gasteiger partial charge in [-0.25, -0.2) is 0 Å². The van der Waals surface area contributed by atoms with Crippen LogP contribution in [0, 0.1) is 5.92 Å². The first-order chi connectivity index (χ1) is 9.74. The van der Waals surface area contributed by atoms with Crippen molar-refractivity contribution in [3.8, 4) is 5.75 Å². The highest BCUT2D eigenvalue weighted by atomic mass is 79.9. The van der Waals surface area contributed by atoms with Crippen molar-refractivity contribution in [3.05, 3.63) is 28.2 Å². The molecule has 3 rings (SSSR count). The van der Waals surface area contributed by atoms with Crippen LogP contribution >= 0.6 is 15.9 Å². The lowest BCUT2D eigenvalue weighted by atomic mass is 9.85. The van der Waals surface area contributed by atoms with Crippen LogP contribution in [-0.2, 0) is 0 Å². The lowest BCUT2D eigenvalue weighted by molar-refractivity contribution is 0.253. The fraction of sp³-hybridized carbons (Fsp3) is 0.647. The van der Waals surface area contributed by atoms with Gasteiger partial charge in [-0.05, 0) is 43.7 Å². The van der Waals surface area contributed by atoms with Crippen molar-refractivity contribution in [1.29, 1.82) is 0 Å². The van der Waals surface area contributed by atoms with E-state index in [1.807, 2.05) is 0 Å². The van der Waals surface area contributed by atoms with E-state index in [4.69, 9.17) is 4.74 Å². The molecule has 1 aliphatic heterocycles. The van der Waals surface area contributed by atoms with E-state index in [9.17, 15) is 0 Å². The lowest BCUT2D eigenvalue weighted by Crippen LogP contribution is -2.39. The summed E-state index contributed by atoms with van der Waals surface area (Å²) in [6.45, 7) is 3.23. The van der Waals surface area contributed by atoms with E-state index in [1.165, 1.54) is 37.7 Å². The second kappa shape index (κ2) is 6.48. The van der Waals surface area contributed by atoms with Crippen LogP contribution in [0.15, 0.2) is 22.7 Å². The molecule has 1 aromatic rings. The molecule has 110 valence electrons. The van der Waals surface area contributed by atoms with Gasteiger partial charge in [0.25, 0.3) is 0 Å². The third-order valence-corrected chi connectivity index (χ3v) is 5.27. The molecule has 3 heteroatoms. The zero-order valence-corrected chi connectivity index (χ0v) is 13.8. The van der Waals surface area contributed by atoms with Crippen molar-refractivity contribution < 1.29 is 4.74 Å². The Morgan fingerprint density at radius 1 is 1.15 bits per heavy atom. The van der Waals surface area contributed by atoms with Crippen LogP contribution in [0.2, 0.25) is 0 Å². The Kier molecular flexibility index (Phi) is 4.67. The van der Waals surface area contributed by atoms with E-state index in [-0.39, 0.29) is 0 Å². The van der Waals surface area contributed by atoms with E-state index < -0.39 is 0 Å². The second-order valence-electron chi connectivity index (χ2n) is 6.26. The van der Waals surface area contributed by atoms with E-state index in [0.717, 1.165) is 29.2 Å². The van der Waals surface area contributed by atoms with Gasteiger partial charge in [0.15, 0.2) is 0 Å². The molecule has 1 aliphatic carbocycles. The van der Waals surface area contributed by atoms with Crippen LogP contribution in [0.3, 0.4) is 0 Å². The minimum absolute atomic E-state index is 0.450. The minimum Gasteiger partial charge on any atom is -0.493 e. The van der Waals surface area contributed by atoms with Gasteiger partial charge in [-0.15, -0.1) is 0 Å². The summed E-state index contributed by atoms with van der Waals surface area (Å²) in [7, 11) is 0. The van der Waals surface area contributed by atoms with Crippen LogP contribution < -0.4 is 10.1 Å². The quantitative estimate of drug-likeness (QED) is 0.834. The number of halogens is 1. The lowest BCUT2D eigenvalue weighted by Gasteiger charge is -2.33. The smallest absolute Gasteiger partial charge is 0.125 e. The second-order valence-corrected chi connectivity index (χ2v) is 7.18. The molecule has 2 nitrogen and oxygen atoms in total. The predicted molar refractivity (Wildman–Crippen MR) is 86.2 cm³/mol. The zero-order chi connectivity index (χ0) is 13.9. The van der Waals surface area contributed by atoms with E-state index in [2.05, 4.69) is 46.4 Å². The number of ether oxygens (including phenoxy) is 1. The largest absolute Gasteiger partial charge is 0.493 e. The summed E-state index contributed by atoms with van der Waals surface area (Å²) < 4.78 is 7.01. The Bertz CT molecular complexity index is 462. The van der Waals surface area contributed by atoms with Crippen molar-refractivity contribution in [2.75, 3.05) is 6.61 Å². The fourth-order valence-corrected chi connectivity index (χ4v) is 3.88. The summed E-state index contributed by atoms with van der Waals surface area (Å²) in [5, 5.41) is 3.93. The molecule has 3 unspecified atom stereocenters. The van der Waals surface area contributed by atoms with Gasteiger partial charge in [-0.1, -0.05) is 41.8 Å². The maximum atomic E-state index is 5.91. The van der Waals surface area contributed by atoms with E-state index in [0.29, 0.717) is 12.1 Å². The topological polar surface area (TPSA) is 21.3 Å². The molecule has 1 heterocycles. The normalized spacial score (nSPS) is 30.2. The average Bonchev–Trinajstić information content (AvgIpc) is 2.63. The number of fused-ring (bicyclic) bond motifs is 1. The Labute approximate surface area is 130 Å². The summed E-state index contributed by atoms with van der Waals surface area (Å²) in [6.07, 6.45) is 7.77. The third kappa shape index (κ3) is 3.20. The molecule has 1 aromatic carbocycles. The first kappa shape index (κ1) is 14.4. The van der Waals surface area contributed by atoms with Gasteiger partial charge in [0, 0.05) is 22.1 Å². The number of benzene rings is 1. The standard InChI is InChI=1S/C17H24BrNO/c1-12-5-2-3-6-15(12)19-16-7-4-10-20-17-11-13(18)8-9-14(16)17/h8-9,11-12,15-16,19H,2-7,10H2,1H3. The fourth-order valence-electron chi connectivity index (χ4n) is 3.54. The zero-order valence-electron chi connectivity index (χ0n) is 12.2. The van der Waals surface area contributed by atoms with Crippen LogP contribution in [0.5, 0.6) is 5.75 Å². The number of hydrogen-bond donors (Lipinski definition) is 1. The maximum Gasteiger partial charge on any atom is 0.125 e. The van der Waals surface area contributed by atoms with Crippen molar-refractivity contribution in [3.63, 3.8) is 0 Å². The van der Waals surface area contributed by atoms with E-state index in [1.54, 1.807) is 0 Å². The summed E-state index contributed by atoms with van der Waals surface area (Å²) in [4.78, 5) is 0. The molecule has 0 bridgehead atoms. The summed E-state index contributed by atoms with van der Waals surface area (Å²) in [5.41, 5.74) is 1.34. The Morgan fingerprint density at radius 3 is 2.85 bits per heavy atom. The Hall–Kier alpha value is -0.540. The Balaban J connectivity index is 1.79. The van der Waals surface area contributed by atoms with Gasteiger partial charge >= 0.3 is 0 Å². The molecule has 0 saturated heterocycles. The number of nitrogens with one attached hydrogen (secondary N) is 1. The van der Waals surface area contributed by atoms with Crippen molar-refractivity contribution in [2.24, 2.45) is 5.92 Å². The molecular weight excluding hydrogens is 314 g/mol. The highest BCUT2D eigenvalue weighted by molar-refractivity contribution is 9.10. The summed E-state index contributed by atoms with van der Waals surface area (Å²) in [6, 6.07) is 7.58. The highest BCUT2D eigenvalue weighted by Gasteiger charge is 2.27. The SMILES string of the molecule is CC1CCCCC1NC1CCCOc2cc(Br)ccc21. The molecule has 0 radical (unpaired) electrons. The highest BCUT2D eigenvalue weighted by Crippen LogP contribution is 2.35. The third-order valence-electron chi connectivity index (χ3n) is 4.77. The van der Waals surface area contributed by atoms with Crippen LogP contribution in [0.25, 0.3) is 0 Å². The monoisotopic (exact) mass is 337 g/mol. The molecule has 3 atom stereocenters. The molecule has 20 heavy (non-hydrogen) atoms. The van der Waals surface area contributed by atoms with Crippen LogP contribution in [-0.4, -0.2) is 12.6 Å². The molecule has 0 aromatic heterocycles. The van der Waals surface area contributed by atoms with Gasteiger partial charge in [0.2, 0.25) is 0 Å². The van der Waals surface area contributed by atoms with Crippen molar-refractivity contribution in [2.45, 2.75) is 57.5 Å². The molecule has 1 N–H and O–H groups in total. The van der Waals surface area contributed by atoms with Crippen molar-refractivity contribution >= 4 is 15.9 Å². The number of hydrogen-bond acceptors (Lipinski definition) is 2. The van der Waals surface area contributed by atoms with Gasteiger partial charge < -0.3 is 10.1 Å². The molecule has 0 amide bonds. The van der Waals surface area contributed by atoms with Gasteiger partial charge in [0.1, 0.15) is 5.75 Å². The van der Waals surface area contributed by atoms with E-state index >= 15 is 0 Å².